The van der Waals surface area contributed by atoms with Crippen molar-refractivity contribution in [1.82, 2.24) is 0 Å². The van der Waals surface area contributed by atoms with Crippen LogP contribution in [0.15, 0.2) is 24.3 Å². The number of benzene rings is 1. The van der Waals surface area contributed by atoms with E-state index in [9.17, 15) is 4.79 Å². The molecule has 0 spiro atoms. The van der Waals surface area contributed by atoms with Gasteiger partial charge < -0.3 is 5.41 Å². The predicted molar refractivity (Wildman–Crippen MR) is 53.6 cm³/mol. The Kier molecular flexibility index (Phi) is 2.96. The quantitative estimate of drug-likeness (QED) is 0.556. The van der Waals surface area contributed by atoms with Crippen molar-refractivity contribution >= 4 is 11.5 Å². The number of carbonyl (C=O) groups is 1. The van der Waals surface area contributed by atoms with Gasteiger partial charge in [-0.1, -0.05) is 24.3 Å². The van der Waals surface area contributed by atoms with Crippen LogP contribution in [0, 0.1) is 5.41 Å². The fourth-order valence-corrected chi connectivity index (χ4v) is 1.16. The lowest BCUT2D eigenvalue weighted by molar-refractivity contribution is 0.101. The van der Waals surface area contributed by atoms with E-state index in [1.807, 2.05) is 12.1 Å². The van der Waals surface area contributed by atoms with Crippen LogP contribution in [-0.2, 0) is 6.42 Å². The van der Waals surface area contributed by atoms with Crippen molar-refractivity contribution in [2.24, 2.45) is 0 Å². The minimum absolute atomic E-state index is 0.0816. The van der Waals surface area contributed by atoms with Gasteiger partial charge in [0.15, 0.2) is 5.78 Å². The topological polar surface area (TPSA) is 40.9 Å². The maximum atomic E-state index is 10.9. The second-order valence-corrected chi connectivity index (χ2v) is 3.21. The van der Waals surface area contributed by atoms with Gasteiger partial charge >= 0.3 is 0 Å². The first-order valence-electron chi connectivity index (χ1n) is 4.23. The molecule has 0 fully saturated rings. The molecule has 2 heteroatoms. The third-order valence-corrected chi connectivity index (χ3v) is 1.83. The van der Waals surface area contributed by atoms with Crippen LogP contribution in [0.3, 0.4) is 0 Å². The van der Waals surface area contributed by atoms with Crippen LogP contribution in [0.1, 0.15) is 29.8 Å². The highest BCUT2D eigenvalue weighted by Crippen LogP contribution is 2.06. The van der Waals surface area contributed by atoms with Crippen LogP contribution in [0.2, 0.25) is 0 Å². The minimum atomic E-state index is 0.0816. The summed E-state index contributed by atoms with van der Waals surface area (Å²) < 4.78 is 0. The zero-order valence-electron chi connectivity index (χ0n) is 7.92. The first-order valence-corrected chi connectivity index (χ1v) is 4.23. The first kappa shape index (κ1) is 9.65. The van der Waals surface area contributed by atoms with Gasteiger partial charge in [0.05, 0.1) is 0 Å². The Bertz CT molecular complexity index is 324. The van der Waals surface area contributed by atoms with E-state index in [1.54, 1.807) is 26.0 Å². The summed E-state index contributed by atoms with van der Waals surface area (Å²) in [5.41, 5.74) is 2.44. The van der Waals surface area contributed by atoms with Gasteiger partial charge in [-0.2, -0.15) is 0 Å². The number of carbonyl (C=O) groups excluding carboxylic acids is 1. The van der Waals surface area contributed by atoms with Crippen molar-refractivity contribution in [2.75, 3.05) is 0 Å². The molecule has 0 unspecified atom stereocenters. The summed E-state index contributed by atoms with van der Waals surface area (Å²) >= 11 is 0. The third kappa shape index (κ3) is 2.82. The largest absolute Gasteiger partial charge is 0.310 e. The number of rotatable bonds is 3. The predicted octanol–water partition coefficient (Wildman–Crippen LogP) is 2.47. The van der Waals surface area contributed by atoms with Gasteiger partial charge in [0.2, 0.25) is 0 Å². The molecule has 0 aliphatic carbocycles. The fourth-order valence-electron chi connectivity index (χ4n) is 1.16. The average Bonchev–Trinajstić information content (AvgIpc) is 2.04. The summed E-state index contributed by atoms with van der Waals surface area (Å²) in [6, 6.07) is 7.41. The van der Waals surface area contributed by atoms with E-state index in [4.69, 9.17) is 5.41 Å². The highest BCUT2D eigenvalue weighted by Gasteiger charge is 1.99. The van der Waals surface area contributed by atoms with E-state index in [1.165, 1.54) is 0 Å². The molecule has 0 aliphatic heterocycles. The SMILES string of the molecule is CC(=N)Cc1ccc(C(C)=O)cc1. The van der Waals surface area contributed by atoms with Crippen LogP contribution in [0.5, 0.6) is 0 Å². The van der Waals surface area contributed by atoms with E-state index in [0.717, 1.165) is 11.1 Å². The van der Waals surface area contributed by atoms with Gasteiger partial charge in [0, 0.05) is 17.7 Å². The Hall–Kier alpha value is -1.44. The fraction of sp³-hybridized carbons (Fsp3) is 0.273. The molecule has 1 N–H and O–H groups in total. The third-order valence-electron chi connectivity index (χ3n) is 1.83. The van der Waals surface area contributed by atoms with Crippen molar-refractivity contribution in [2.45, 2.75) is 20.3 Å². The summed E-state index contributed by atoms with van der Waals surface area (Å²) in [5.74, 6) is 0.0816. The Morgan fingerprint density at radius 2 is 1.77 bits per heavy atom. The van der Waals surface area contributed by atoms with E-state index in [2.05, 4.69) is 0 Å². The van der Waals surface area contributed by atoms with Crippen molar-refractivity contribution in [3.05, 3.63) is 35.4 Å². The van der Waals surface area contributed by atoms with Crippen molar-refractivity contribution in [1.29, 1.82) is 5.41 Å². The molecule has 0 bridgehead atoms. The normalized spacial score (nSPS) is 9.69. The molecule has 0 aliphatic rings. The number of Topliss-reactive ketones (excluding diaryl/α,β-unsaturated/α-hetero) is 1. The molecule has 1 aromatic rings. The molecular weight excluding hydrogens is 162 g/mol. The minimum Gasteiger partial charge on any atom is -0.310 e. The Labute approximate surface area is 78.1 Å². The standard InChI is InChI=1S/C11H13NO/c1-8(12)7-10-3-5-11(6-4-10)9(2)13/h3-6,12H,7H2,1-2H3. The maximum Gasteiger partial charge on any atom is 0.159 e. The van der Waals surface area contributed by atoms with Gasteiger partial charge in [-0.25, -0.2) is 0 Å². The van der Waals surface area contributed by atoms with Gasteiger partial charge in [0.25, 0.3) is 0 Å². The zero-order chi connectivity index (χ0) is 9.84. The summed E-state index contributed by atoms with van der Waals surface area (Å²) in [7, 11) is 0. The molecular formula is C11H13NO. The van der Waals surface area contributed by atoms with E-state index in [0.29, 0.717) is 12.1 Å². The Morgan fingerprint density at radius 1 is 1.23 bits per heavy atom. The van der Waals surface area contributed by atoms with Gasteiger partial charge in [0.1, 0.15) is 0 Å². The first-order chi connectivity index (χ1) is 6.09. The summed E-state index contributed by atoms with van der Waals surface area (Å²) in [6.07, 6.45) is 0.665. The van der Waals surface area contributed by atoms with Crippen LogP contribution in [0.4, 0.5) is 0 Å². The molecule has 0 aromatic heterocycles. The van der Waals surface area contributed by atoms with Crippen LogP contribution in [0.25, 0.3) is 0 Å². The van der Waals surface area contributed by atoms with E-state index >= 15 is 0 Å². The van der Waals surface area contributed by atoms with Gasteiger partial charge in [-0.05, 0) is 19.4 Å². The molecule has 1 aromatic carbocycles. The molecule has 0 radical (unpaired) electrons. The Morgan fingerprint density at radius 3 is 2.15 bits per heavy atom. The lowest BCUT2D eigenvalue weighted by atomic mass is 10.1. The monoisotopic (exact) mass is 175 g/mol. The van der Waals surface area contributed by atoms with Gasteiger partial charge in [-0.15, -0.1) is 0 Å². The smallest absolute Gasteiger partial charge is 0.159 e. The highest BCUT2D eigenvalue weighted by atomic mass is 16.1. The summed E-state index contributed by atoms with van der Waals surface area (Å²) in [4.78, 5) is 10.9. The number of ketones is 1. The zero-order valence-corrected chi connectivity index (χ0v) is 7.92. The van der Waals surface area contributed by atoms with E-state index < -0.39 is 0 Å². The number of nitrogens with one attached hydrogen (secondary N) is 1. The molecule has 0 saturated carbocycles. The number of hydrogen-bond donors (Lipinski definition) is 1. The van der Waals surface area contributed by atoms with E-state index in [-0.39, 0.29) is 5.78 Å². The van der Waals surface area contributed by atoms with Crippen LogP contribution >= 0.6 is 0 Å². The molecule has 2 nitrogen and oxygen atoms in total. The lowest BCUT2D eigenvalue weighted by Crippen LogP contribution is -1.97. The molecule has 0 amide bonds. The second-order valence-electron chi connectivity index (χ2n) is 3.21. The van der Waals surface area contributed by atoms with Crippen molar-refractivity contribution in [3.8, 4) is 0 Å². The molecule has 0 saturated heterocycles. The lowest BCUT2D eigenvalue weighted by Gasteiger charge is -2.00. The average molecular weight is 175 g/mol. The molecule has 0 atom stereocenters. The van der Waals surface area contributed by atoms with Crippen molar-refractivity contribution < 1.29 is 4.79 Å². The molecule has 0 heterocycles. The summed E-state index contributed by atoms with van der Waals surface area (Å²) in [5, 5.41) is 7.30. The second kappa shape index (κ2) is 3.99. The molecule has 68 valence electrons. The van der Waals surface area contributed by atoms with Gasteiger partial charge in [-0.3, -0.25) is 4.79 Å². The Balaban J connectivity index is 2.81. The summed E-state index contributed by atoms with van der Waals surface area (Å²) in [6.45, 7) is 3.33. The van der Waals surface area contributed by atoms with Crippen LogP contribution in [-0.4, -0.2) is 11.5 Å². The molecule has 13 heavy (non-hydrogen) atoms. The maximum absolute atomic E-state index is 10.9. The number of hydrogen-bond acceptors (Lipinski definition) is 2. The molecule has 1 rings (SSSR count). The van der Waals surface area contributed by atoms with Crippen molar-refractivity contribution in [3.63, 3.8) is 0 Å². The van der Waals surface area contributed by atoms with Crippen LogP contribution < -0.4 is 0 Å². The highest BCUT2D eigenvalue weighted by molar-refractivity contribution is 5.94.